The van der Waals surface area contributed by atoms with Crippen molar-refractivity contribution in [2.45, 2.75) is 6.42 Å². The van der Waals surface area contributed by atoms with E-state index in [1.54, 1.807) is 12.1 Å². The normalized spacial score (nSPS) is 10.4. The number of nitrogens with one attached hydrogen (secondary N) is 2. The van der Waals surface area contributed by atoms with Gasteiger partial charge in [-0.1, -0.05) is 11.6 Å². The molecule has 11 heteroatoms. The molecule has 0 unspecified atom stereocenters. The molecule has 0 aliphatic heterocycles. The quantitative estimate of drug-likeness (QED) is 0.382. The van der Waals surface area contributed by atoms with Gasteiger partial charge in [0.25, 0.3) is 0 Å². The molecular formula is C17H17ClN8O2. The van der Waals surface area contributed by atoms with Gasteiger partial charge in [-0.15, -0.1) is 0 Å². The van der Waals surface area contributed by atoms with Gasteiger partial charge in [-0.25, -0.2) is 15.0 Å². The first-order chi connectivity index (χ1) is 13.6. The summed E-state index contributed by atoms with van der Waals surface area (Å²) >= 11 is 6.07. The molecular weight excluding hydrogens is 384 g/mol. The number of H-pyrrole nitrogens is 1. The second-order valence-corrected chi connectivity index (χ2v) is 5.90. The number of aromatic nitrogens is 5. The summed E-state index contributed by atoms with van der Waals surface area (Å²) in [5.74, 6) is 1.72. The van der Waals surface area contributed by atoms with Gasteiger partial charge in [-0.3, -0.25) is 5.10 Å². The fourth-order valence-electron chi connectivity index (χ4n) is 2.33. The molecule has 0 bridgehead atoms. The van der Waals surface area contributed by atoms with E-state index in [0.717, 1.165) is 0 Å². The lowest BCUT2D eigenvalue weighted by atomic mass is 10.2. The number of anilines is 2. The Morgan fingerprint density at radius 1 is 1.29 bits per heavy atom. The number of nitrogens with zero attached hydrogens (tertiary/aromatic N) is 5. The van der Waals surface area contributed by atoms with Gasteiger partial charge < -0.3 is 20.5 Å². The number of halogens is 1. The number of hydrogen-bond acceptors (Lipinski definition) is 9. The zero-order valence-corrected chi connectivity index (χ0v) is 15.7. The number of nitrogens with two attached hydrogens (primary N) is 1. The van der Waals surface area contributed by atoms with Crippen LogP contribution in [0.1, 0.15) is 12.1 Å². The Morgan fingerprint density at radius 2 is 2.14 bits per heavy atom. The van der Waals surface area contributed by atoms with Crippen LogP contribution >= 0.6 is 11.6 Å². The van der Waals surface area contributed by atoms with Crippen molar-refractivity contribution < 1.29 is 9.47 Å². The summed E-state index contributed by atoms with van der Waals surface area (Å²) < 4.78 is 11.2. The van der Waals surface area contributed by atoms with Crippen molar-refractivity contribution in [1.82, 2.24) is 25.1 Å². The molecule has 3 rings (SSSR count). The summed E-state index contributed by atoms with van der Waals surface area (Å²) in [6, 6.07) is 5.24. The maximum atomic E-state index is 8.78. The molecule has 0 aliphatic carbocycles. The second-order valence-electron chi connectivity index (χ2n) is 5.51. The Kier molecular flexibility index (Phi) is 6.21. The van der Waals surface area contributed by atoms with Crippen LogP contribution in [-0.2, 0) is 0 Å². The van der Waals surface area contributed by atoms with Crippen LogP contribution in [0.25, 0.3) is 11.3 Å². The number of rotatable bonds is 8. The molecule has 0 atom stereocenters. The van der Waals surface area contributed by atoms with Gasteiger partial charge in [0.05, 0.1) is 31.8 Å². The first-order valence-corrected chi connectivity index (χ1v) is 8.64. The lowest BCUT2D eigenvalue weighted by molar-refractivity contribution is 0.300. The van der Waals surface area contributed by atoms with Crippen LogP contribution in [0.15, 0.2) is 24.5 Å². The van der Waals surface area contributed by atoms with Crippen molar-refractivity contribution in [3.8, 4) is 29.0 Å². The molecule has 28 heavy (non-hydrogen) atoms. The third kappa shape index (κ3) is 4.46. The standard InChI is InChI=1S/C17H17ClN8O2/c1-27-12-6-13(18)23-17(28-4-2-3-19)16(12)11-5-14(26-25-11)24-15-9-21-10(7-20)8-22-15/h5-6,8-9H,2-4,19H2,1H3,(H2,22,24,25,26). The SMILES string of the molecule is COc1cc(Cl)nc(OCCCN)c1-c1cc(Nc2cnc(C#N)cn2)n[nH]1. The van der Waals surface area contributed by atoms with E-state index in [0.29, 0.717) is 54.1 Å². The van der Waals surface area contributed by atoms with Crippen molar-refractivity contribution >= 4 is 23.2 Å². The van der Waals surface area contributed by atoms with Gasteiger partial charge in [-0.05, 0) is 13.0 Å². The summed E-state index contributed by atoms with van der Waals surface area (Å²) in [7, 11) is 1.53. The zero-order valence-electron chi connectivity index (χ0n) is 14.9. The maximum absolute atomic E-state index is 8.78. The molecule has 4 N–H and O–H groups in total. The molecule has 10 nitrogen and oxygen atoms in total. The first-order valence-electron chi connectivity index (χ1n) is 8.27. The molecule has 0 saturated heterocycles. The largest absolute Gasteiger partial charge is 0.496 e. The average molecular weight is 401 g/mol. The number of methoxy groups -OCH3 is 1. The van der Waals surface area contributed by atoms with Crippen LogP contribution in [0.3, 0.4) is 0 Å². The van der Waals surface area contributed by atoms with Crippen LogP contribution in [0.5, 0.6) is 11.6 Å². The van der Waals surface area contributed by atoms with E-state index in [1.165, 1.54) is 19.5 Å². The van der Waals surface area contributed by atoms with Gasteiger partial charge in [0.2, 0.25) is 5.88 Å². The van der Waals surface area contributed by atoms with E-state index < -0.39 is 0 Å². The molecule has 3 aromatic rings. The molecule has 0 amide bonds. The fourth-order valence-corrected chi connectivity index (χ4v) is 2.51. The van der Waals surface area contributed by atoms with E-state index in [2.05, 4.69) is 30.5 Å². The van der Waals surface area contributed by atoms with E-state index in [4.69, 9.17) is 32.1 Å². The van der Waals surface area contributed by atoms with Crippen molar-refractivity contribution in [2.24, 2.45) is 5.73 Å². The average Bonchev–Trinajstić information content (AvgIpc) is 3.16. The van der Waals surface area contributed by atoms with E-state index in [9.17, 15) is 0 Å². The van der Waals surface area contributed by atoms with Crippen molar-refractivity contribution in [1.29, 1.82) is 5.26 Å². The molecule has 3 aromatic heterocycles. The molecule has 3 heterocycles. The topological polar surface area (TPSA) is 148 Å². The summed E-state index contributed by atoms with van der Waals surface area (Å²) in [4.78, 5) is 12.3. The lowest BCUT2D eigenvalue weighted by Gasteiger charge is -2.13. The number of pyridine rings is 1. The van der Waals surface area contributed by atoms with E-state index in [1.807, 2.05) is 6.07 Å². The highest BCUT2D eigenvalue weighted by Crippen LogP contribution is 2.38. The van der Waals surface area contributed by atoms with Crippen LogP contribution in [0.4, 0.5) is 11.6 Å². The van der Waals surface area contributed by atoms with Crippen molar-refractivity contribution in [2.75, 3.05) is 25.6 Å². The smallest absolute Gasteiger partial charge is 0.228 e. The van der Waals surface area contributed by atoms with Gasteiger partial charge >= 0.3 is 0 Å². The summed E-state index contributed by atoms with van der Waals surface area (Å²) in [6.07, 6.45) is 3.48. The van der Waals surface area contributed by atoms with E-state index >= 15 is 0 Å². The fraction of sp³-hybridized carbons (Fsp3) is 0.235. The predicted molar refractivity (Wildman–Crippen MR) is 103 cm³/mol. The number of ether oxygens (including phenoxy) is 2. The molecule has 0 radical (unpaired) electrons. The third-order valence-electron chi connectivity index (χ3n) is 3.60. The highest BCUT2D eigenvalue weighted by Gasteiger charge is 2.19. The monoisotopic (exact) mass is 400 g/mol. The minimum Gasteiger partial charge on any atom is -0.496 e. The van der Waals surface area contributed by atoms with Crippen LogP contribution in [0.2, 0.25) is 5.15 Å². The minimum absolute atomic E-state index is 0.226. The Morgan fingerprint density at radius 3 is 2.82 bits per heavy atom. The number of hydrogen-bond donors (Lipinski definition) is 3. The maximum Gasteiger partial charge on any atom is 0.228 e. The Labute approximate surface area is 165 Å². The van der Waals surface area contributed by atoms with Crippen molar-refractivity contribution in [3.63, 3.8) is 0 Å². The molecule has 0 aliphatic rings. The van der Waals surface area contributed by atoms with Gasteiger partial charge in [0.15, 0.2) is 11.5 Å². The molecule has 0 fully saturated rings. The zero-order chi connectivity index (χ0) is 19.9. The predicted octanol–water partition coefficient (Wildman–Crippen LogP) is 2.27. The number of nitriles is 1. The van der Waals surface area contributed by atoms with Crippen molar-refractivity contribution in [3.05, 3.63) is 35.4 Å². The van der Waals surface area contributed by atoms with Gasteiger partial charge in [-0.2, -0.15) is 10.4 Å². The van der Waals surface area contributed by atoms with Gasteiger partial charge in [0.1, 0.15) is 28.4 Å². The van der Waals surface area contributed by atoms with Crippen LogP contribution in [-0.4, -0.2) is 45.4 Å². The summed E-state index contributed by atoms with van der Waals surface area (Å²) in [5.41, 5.74) is 6.93. The Balaban J connectivity index is 1.89. The molecule has 144 valence electrons. The summed E-state index contributed by atoms with van der Waals surface area (Å²) in [5, 5.41) is 19.1. The number of aromatic amines is 1. The van der Waals surface area contributed by atoms with Crippen LogP contribution in [0, 0.1) is 11.3 Å². The molecule has 0 saturated carbocycles. The minimum atomic E-state index is 0.226. The second kappa shape index (κ2) is 8.98. The third-order valence-corrected chi connectivity index (χ3v) is 3.79. The molecule has 0 aromatic carbocycles. The van der Waals surface area contributed by atoms with E-state index in [-0.39, 0.29) is 10.8 Å². The van der Waals surface area contributed by atoms with Gasteiger partial charge in [0, 0.05) is 12.1 Å². The Bertz CT molecular complexity index is 984. The Hall–Kier alpha value is -3.42. The van der Waals surface area contributed by atoms with Crippen LogP contribution < -0.4 is 20.5 Å². The lowest BCUT2D eigenvalue weighted by Crippen LogP contribution is -2.08. The highest BCUT2D eigenvalue weighted by atomic mass is 35.5. The summed E-state index contributed by atoms with van der Waals surface area (Å²) in [6.45, 7) is 0.886. The highest BCUT2D eigenvalue weighted by molar-refractivity contribution is 6.29. The first kappa shape index (κ1) is 19.3. The molecule has 0 spiro atoms.